The van der Waals surface area contributed by atoms with Crippen LogP contribution in [0.1, 0.15) is 37.5 Å². The summed E-state index contributed by atoms with van der Waals surface area (Å²) in [6, 6.07) is 12.3. The summed E-state index contributed by atoms with van der Waals surface area (Å²) in [4.78, 5) is 3.96. The molecule has 1 aliphatic heterocycles. The highest BCUT2D eigenvalue weighted by atomic mass is 32.1. The number of hydrogen-bond donors (Lipinski definition) is 2. The maximum Gasteiger partial charge on any atom is 0.173 e. The summed E-state index contributed by atoms with van der Waals surface area (Å²) in [6.07, 6.45) is 5.58. The van der Waals surface area contributed by atoms with Crippen molar-refractivity contribution in [3.63, 3.8) is 0 Å². The SMILES string of the molecule is Cc1cccc(NC(=S)N(CCC[NH+]2CCC(C)CC2)Cc2ccco2)c1. The molecule has 3 rings (SSSR count). The van der Waals surface area contributed by atoms with Crippen molar-refractivity contribution in [2.24, 2.45) is 5.92 Å². The summed E-state index contributed by atoms with van der Waals surface area (Å²) in [7, 11) is 0. The molecule has 1 fully saturated rings. The number of aryl methyl sites for hydroxylation is 1. The van der Waals surface area contributed by atoms with Gasteiger partial charge in [0.15, 0.2) is 5.11 Å². The van der Waals surface area contributed by atoms with Gasteiger partial charge in [-0.05, 0) is 67.7 Å². The van der Waals surface area contributed by atoms with E-state index in [-0.39, 0.29) is 0 Å². The summed E-state index contributed by atoms with van der Waals surface area (Å²) < 4.78 is 5.56. The number of likely N-dealkylation sites (tertiary alicyclic amines) is 1. The minimum Gasteiger partial charge on any atom is -0.467 e. The molecule has 0 unspecified atom stereocenters. The van der Waals surface area contributed by atoms with Crippen molar-refractivity contribution >= 4 is 23.0 Å². The van der Waals surface area contributed by atoms with Gasteiger partial charge < -0.3 is 19.5 Å². The fourth-order valence-corrected chi connectivity index (χ4v) is 3.98. The highest BCUT2D eigenvalue weighted by Gasteiger charge is 2.19. The van der Waals surface area contributed by atoms with Gasteiger partial charge in [0.25, 0.3) is 0 Å². The minimum atomic E-state index is 0.705. The second-order valence-corrected chi connectivity index (χ2v) is 8.22. The Morgan fingerprint density at radius 1 is 1.26 bits per heavy atom. The molecule has 1 aromatic heterocycles. The van der Waals surface area contributed by atoms with Crippen molar-refractivity contribution in [1.82, 2.24) is 4.90 Å². The molecule has 4 nitrogen and oxygen atoms in total. The molecule has 1 aliphatic rings. The van der Waals surface area contributed by atoms with E-state index >= 15 is 0 Å². The number of anilines is 1. The lowest BCUT2D eigenvalue weighted by Gasteiger charge is -2.29. The van der Waals surface area contributed by atoms with E-state index in [9.17, 15) is 0 Å². The number of hydrogen-bond acceptors (Lipinski definition) is 2. The van der Waals surface area contributed by atoms with Gasteiger partial charge in [0.05, 0.1) is 32.4 Å². The Hall–Kier alpha value is -1.85. The first-order valence-electron chi connectivity index (χ1n) is 10.1. The molecule has 0 saturated carbocycles. The van der Waals surface area contributed by atoms with E-state index in [4.69, 9.17) is 16.6 Å². The summed E-state index contributed by atoms with van der Waals surface area (Å²) in [6.45, 7) is 9.95. The van der Waals surface area contributed by atoms with Gasteiger partial charge in [-0.3, -0.25) is 0 Å². The first kappa shape index (κ1) is 19.9. The van der Waals surface area contributed by atoms with Crippen LogP contribution in [0.25, 0.3) is 0 Å². The van der Waals surface area contributed by atoms with Crippen LogP contribution in [0.5, 0.6) is 0 Å². The molecule has 0 aliphatic carbocycles. The lowest BCUT2D eigenvalue weighted by atomic mass is 9.99. The topological polar surface area (TPSA) is 32.9 Å². The van der Waals surface area contributed by atoms with Gasteiger partial charge in [-0.2, -0.15) is 0 Å². The Morgan fingerprint density at radius 3 is 2.78 bits per heavy atom. The maximum atomic E-state index is 5.73. The normalized spacial score (nSPS) is 19.6. The fourth-order valence-electron chi connectivity index (χ4n) is 3.71. The average Bonchev–Trinajstić information content (AvgIpc) is 3.15. The molecule has 27 heavy (non-hydrogen) atoms. The molecule has 0 radical (unpaired) electrons. The molecule has 2 N–H and O–H groups in total. The molecule has 0 atom stereocenters. The van der Waals surface area contributed by atoms with E-state index in [1.54, 1.807) is 11.2 Å². The zero-order chi connectivity index (χ0) is 19.1. The molecule has 1 saturated heterocycles. The van der Waals surface area contributed by atoms with Gasteiger partial charge in [0, 0.05) is 18.7 Å². The number of benzene rings is 1. The molecular weight excluding hydrogens is 354 g/mol. The standard InChI is InChI=1S/C22H31N3OS/c1-18-9-13-24(14-10-18)11-5-12-25(17-21-8-4-15-26-21)22(27)23-20-7-3-6-19(2)16-20/h3-4,6-8,15-16,18H,5,9-14,17H2,1-2H3,(H,23,27)/p+1. The molecule has 2 heterocycles. The van der Waals surface area contributed by atoms with Crippen LogP contribution in [-0.4, -0.2) is 36.2 Å². The molecule has 146 valence electrons. The van der Waals surface area contributed by atoms with Crippen LogP contribution in [0.15, 0.2) is 47.1 Å². The van der Waals surface area contributed by atoms with Gasteiger partial charge in [-0.15, -0.1) is 0 Å². The molecule has 2 aromatic rings. The average molecular weight is 387 g/mol. The quantitative estimate of drug-likeness (QED) is 0.714. The van der Waals surface area contributed by atoms with Gasteiger partial charge >= 0.3 is 0 Å². The predicted octanol–water partition coefficient (Wildman–Crippen LogP) is 3.49. The lowest BCUT2D eigenvalue weighted by molar-refractivity contribution is -0.906. The summed E-state index contributed by atoms with van der Waals surface area (Å²) in [5.74, 6) is 1.85. The number of furan rings is 1. The van der Waals surface area contributed by atoms with Crippen LogP contribution in [0.4, 0.5) is 5.69 Å². The van der Waals surface area contributed by atoms with Crippen molar-refractivity contribution in [2.45, 2.75) is 39.7 Å². The van der Waals surface area contributed by atoms with Crippen LogP contribution in [0.3, 0.4) is 0 Å². The van der Waals surface area contributed by atoms with Crippen molar-refractivity contribution < 1.29 is 9.32 Å². The Bertz CT molecular complexity index is 708. The van der Waals surface area contributed by atoms with Gasteiger partial charge in [0.2, 0.25) is 0 Å². The van der Waals surface area contributed by atoms with E-state index in [0.717, 1.165) is 35.4 Å². The molecule has 0 bridgehead atoms. The zero-order valence-corrected chi connectivity index (χ0v) is 17.4. The molecule has 1 aromatic carbocycles. The number of rotatable bonds is 7. The Kier molecular flexibility index (Phi) is 7.30. The van der Waals surface area contributed by atoms with Gasteiger partial charge in [-0.1, -0.05) is 19.1 Å². The summed E-state index contributed by atoms with van der Waals surface area (Å²) in [5, 5.41) is 4.16. The smallest absolute Gasteiger partial charge is 0.173 e. The summed E-state index contributed by atoms with van der Waals surface area (Å²) in [5.41, 5.74) is 2.27. The van der Waals surface area contributed by atoms with Gasteiger partial charge in [0.1, 0.15) is 5.76 Å². The number of nitrogens with one attached hydrogen (secondary N) is 2. The van der Waals surface area contributed by atoms with Crippen molar-refractivity contribution in [3.8, 4) is 0 Å². The molecule has 0 spiro atoms. The van der Waals surface area contributed by atoms with E-state index in [0.29, 0.717) is 6.54 Å². The van der Waals surface area contributed by atoms with Crippen LogP contribution in [0.2, 0.25) is 0 Å². The Morgan fingerprint density at radius 2 is 2.07 bits per heavy atom. The van der Waals surface area contributed by atoms with Gasteiger partial charge in [-0.25, -0.2) is 0 Å². The van der Waals surface area contributed by atoms with Crippen LogP contribution < -0.4 is 10.2 Å². The van der Waals surface area contributed by atoms with E-state index in [1.165, 1.54) is 38.0 Å². The zero-order valence-electron chi connectivity index (χ0n) is 16.5. The van der Waals surface area contributed by atoms with Crippen molar-refractivity contribution in [1.29, 1.82) is 0 Å². The second-order valence-electron chi connectivity index (χ2n) is 7.84. The Balaban J connectivity index is 1.55. The van der Waals surface area contributed by atoms with E-state index < -0.39 is 0 Å². The third kappa shape index (κ3) is 6.36. The highest BCUT2D eigenvalue weighted by Crippen LogP contribution is 2.13. The highest BCUT2D eigenvalue weighted by molar-refractivity contribution is 7.80. The third-order valence-corrected chi connectivity index (χ3v) is 5.78. The summed E-state index contributed by atoms with van der Waals surface area (Å²) >= 11 is 5.73. The van der Waals surface area contributed by atoms with E-state index in [1.807, 2.05) is 12.1 Å². The van der Waals surface area contributed by atoms with Crippen molar-refractivity contribution in [3.05, 3.63) is 54.0 Å². The number of piperidine rings is 1. The Labute approximate surface area is 168 Å². The second kappa shape index (κ2) is 9.90. The van der Waals surface area contributed by atoms with E-state index in [2.05, 4.69) is 48.3 Å². The number of quaternary nitrogens is 1. The lowest BCUT2D eigenvalue weighted by Crippen LogP contribution is -3.13. The van der Waals surface area contributed by atoms with Crippen LogP contribution in [0, 0.1) is 12.8 Å². The largest absolute Gasteiger partial charge is 0.467 e. The minimum absolute atomic E-state index is 0.705. The van der Waals surface area contributed by atoms with Crippen molar-refractivity contribution in [2.75, 3.05) is 31.5 Å². The fraction of sp³-hybridized carbons (Fsp3) is 0.500. The monoisotopic (exact) mass is 386 g/mol. The predicted molar refractivity (Wildman–Crippen MR) is 115 cm³/mol. The van der Waals surface area contributed by atoms with Crippen LogP contribution >= 0.6 is 12.2 Å². The number of thiocarbonyl (C=S) groups is 1. The van der Waals surface area contributed by atoms with Crippen LogP contribution in [-0.2, 0) is 6.54 Å². The molecule has 5 heteroatoms. The third-order valence-electron chi connectivity index (χ3n) is 5.42. The number of nitrogens with zero attached hydrogens (tertiary/aromatic N) is 1. The molecule has 0 amide bonds. The first-order valence-corrected chi connectivity index (χ1v) is 10.5. The maximum absolute atomic E-state index is 5.73. The first-order chi connectivity index (χ1) is 13.1. The molecular formula is C22H32N3OS+.